The van der Waals surface area contributed by atoms with Gasteiger partial charge in [0, 0.05) is 12.3 Å². The second kappa shape index (κ2) is 7.92. The molecule has 6 nitrogen and oxygen atoms in total. The van der Waals surface area contributed by atoms with Gasteiger partial charge in [0.05, 0.1) is 28.0 Å². The average molecular weight is 374 g/mol. The van der Waals surface area contributed by atoms with Gasteiger partial charge < -0.3 is 10.6 Å². The van der Waals surface area contributed by atoms with E-state index in [-0.39, 0.29) is 11.6 Å². The van der Waals surface area contributed by atoms with Gasteiger partial charge in [-0.15, -0.1) is 0 Å². The van der Waals surface area contributed by atoms with Gasteiger partial charge in [-0.05, 0) is 24.3 Å². The Bertz CT molecular complexity index is 869. The zero-order valence-electron chi connectivity index (χ0n) is 12.9. The molecule has 8 heteroatoms. The van der Waals surface area contributed by atoms with Gasteiger partial charge in [0.1, 0.15) is 17.8 Å². The Balaban J connectivity index is 1.72. The molecule has 25 heavy (non-hydrogen) atoms. The Morgan fingerprint density at radius 1 is 1.00 bits per heavy atom. The van der Waals surface area contributed by atoms with E-state index in [1.165, 1.54) is 12.4 Å². The van der Waals surface area contributed by atoms with E-state index in [4.69, 9.17) is 23.2 Å². The van der Waals surface area contributed by atoms with Crippen molar-refractivity contribution in [3.63, 3.8) is 0 Å². The second-order valence-corrected chi connectivity index (χ2v) is 5.83. The Morgan fingerprint density at radius 2 is 1.80 bits per heavy atom. The zero-order valence-corrected chi connectivity index (χ0v) is 14.4. The molecule has 2 N–H and O–H groups in total. The van der Waals surface area contributed by atoms with E-state index < -0.39 is 0 Å². The molecule has 1 aromatic carbocycles. The predicted molar refractivity (Wildman–Crippen MR) is 97.2 cm³/mol. The molecule has 0 fully saturated rings. The van der Waals surface area contributed by atoms with Crippen LogP contribution in [0.3, 0.4) is 0 Å². The molecule has 0 saturated carbocycles. The Morgan fingerprint density at radius 3 is 2.52 bits per heavy atom. The topological polar surface area (TPSA) is 79.8 Å². The first-order valence-corrected chi connectivity index (χ1v) is 8.10. The van der Waals surface area contributed by atoms with Gasteiger partial charge in [-0.3, -0.25) is 9.78 Å². The van der Waals surface area contributed by atoms with Crippen molar-refractivity contribution < 1.29 is 4.79 Å². The summed E-state index contributed by atoms with van der Waals surface area (Å²) in [4.78, 5) is 24.5. The van der Waals surface area contributed by atoms with Crippen molar-refractivity contribution in [1.29, 1.82) is 0 Å². The van der Waals surface area contributed by atoms with E-state index in [1.54, 1.807) is 24.4 Å². The highest BCUT2D eigenvalue weighted by atomic mass is 35.5. The van der Waals surface area contributed by atoms with Gasteiger partial charge in [-0.1, -0.05) is 35.3 Å². The largest absolute Gasteiger partial charge is 0.345 e. The van der Waals surface area contributed by atoms with Gasteiger partial charge in [0.25, 0.3) is 5.91 Å². The molecule has 0 spiro atoms. The molecule has 0 bridgehead atoms. The van der Waals surface area contributed by atoms with Crippen LogP contribution >= 0.6 is 23.2 Å². The first-order chi connectivity index (χ1) is 12.1. The summed E-state index contributed by atoms with van der Waals surface area (Å²) in [5, 5.41) is 6.66. The van der Waals surface area contributed by atoms with Crippen molar-refractivity contribution in [3.05, 3.63) is 76.4 Å². The van der Waals surface area contributed by atoms with Crippen LogP contribution in [-0.4, -0.2) is 20.9 Å². The van der Waals surface area contributed by atoms with Crippen LogP contribution in [0.25, 0.3) is 0 Å². The van der Waals surface area contributed by atoms with Crippen LogP contribution in [0.5, 0.6) is 0 Å². The van der Waals surface area contributed by atoms with Gasteiger partial charge in [-0.2, -0.15) is 0 Å². The number of aromatic nitrogens is 3. The highest BCUT2D eigenvalue weighted by Gasteiger charge is 2.11. The van der Waals surface area contributed by atoms with Crippen LogP contribution in [0.15, 0.2) is 55.0 Å². The normalized spacial score (nSPS) is 10.3. The number of anilines is 2. The molecule has 0 saturated heterocycles. The number of para-hydroxylation sites is 1. The predicted octanol–water partition coefficient (Wildman–Crippen LogP) is 3.85. The molecule has 2 heterocycles. The maximum atomic E-state index is 12.2. The van der Waals surface area contributed by atoms with E-state index in [1.807, 2.05) is 18.2 Å². The lowest BCUT2D eigenvalue weighted by atomic mass is 10.3. The number of nitrogens with zero attached hydrogens (tertiary/aromatic N) is 3. The van der Waals surface area contributed by atoms with Gasteiger partial charge in [0.2, 0.25) is 0 Å². The Labute approximate surface area is 154 Å². The minimum atomic E-state index is -0.332. The molecule has 3 rings (SSSR count). The summed E-state index contributed by atoms with van der Waals surface area (Å²) in [6, 6.07) is 12.2. The molecule has 0 unspecified atom stereocenters. The van der Waals surface area contributed by atoms with E-state index >= 15 is 0 Å². The fourth-order valence-corrected chi connectivity index (χ4v) is 2.55. The molecule has 126 valence electrons. The van der Waals surface area contributed by atoms with Crippen molar-refractivity contribution in [2.24, 2.45) is 0 Å². The van der Waals surface area contributed by atoms with E-state index in [0.29, 0.717) is 28.1 Å². The number of hydrogen-bond donors (Lipinski definition) is 2. The number of nitrogens with one attached hydrogen (secondary N) is 2. The molecule has 1 amide bonds. The molecule has 0 aliphatic rings. The minimum absolute atomic E-state index is 0.219. The van der Waals surface area contributed by atoms with Crippen LogP contribution in [0.4, 0.5) is 11.5 Å². The van der Waals surface area contributed by atoms with Crippen molar-refractivity contribution in [3.8, 4) is 0 Å². The van der Waals surface area contributed by atoms with Crippen LogP contribution in [0.1, 0.15) is 16.2 Å². The van der Waals surface area contributed by atoms with E-state index in [9.17, 15) is 4.79 Å². The quantitative estimate of drug-likeness (QED) is 0.709. The number of carbonyl (C=O) groups excluding carboxylic acids is 1. The van der Waals surface area contributed by atoms with Gasteiger partial charge in [-0.25, -0.2) is 9.97 Å². The second-order valence-electron chi connectivity index (χ2n) is 5.01. The SMILES string of the molecule is O=C(NCc1ccccn1)c1cc(Nc2c(Cl)cccc2Cl)ncn1. The van der Waals surface area contributed by atoms with Crippen LogP contribution in [0.2, 0.25) is 10.0 Å². The van der Waals surface area contributed by atoms with Crippen LogP contribution in [0, 0.1) is 0 Å². The number of halogens is 2. The number of pyridine rings is 1. The monoisotopic (exact) mass is 373 g/mol. The third-order valence-electron chi connectivity index (χ3n) is 3.27. The smallest absolute Gasteiger partial charge is 0.270 e. The van der Waals surface area contributed by atoms with Crippen molar-refractivity contribution in [1.82, 2.24) is 20.3 Å². The van der Waals surface area contributed by atoms with Gasteiger partial charge >= 0.3 is 0 Å². The Hall–Kier alpha value is -2.70. The first kappa shape index (κ1) is 17.1. The summed E-state index contributed by atoms with van der Waals surface area (Å²) < 4.78 is 0. The molecule has 0 atom stereocenters. The van der Waals surface area contributed by atoms with E-state index in [2.05, 4.69) is 25.6 Å². The number of rotatable bonds is 5. The first-order valence-electron chi connectivity index (χ1n) is 7.34. The molecule has 3 aromatic rings. The lowest BCUT2D eigenvalue weighted by Gasteiger charge is -2.10. The standard InChI is InChI=1S/C17H13Cl2N5O/c18-12-5-3-6-13(19)16(12)24-15-8-14(22-10-23-15)17(25)21-9-11-4-1-2-7-20-11/h1-8,10H,9H2,(H,21,25)(H,22,23,24). The average Bonchev–Trinajstić information content (AvgIpc) is 2.64. The van der Waals surface area contributed by atoms with Crippen molar-refractivity contribution in [2.45, 2.75) is 6.54 Å². The molecule has 0 aliphatic heterocycles. The van der Waals surface area contributed by atoms with Gasteiger partial charge in [0.15, 0.2) is 0 Å². The van der Waals surface area contributed by atoms with Crippen LogP contribution < -0.4 is 10.6 Å². The molecule has 0 aliphatic carbocycles. The third kappa shape index (κ3) is 4.43. The fraction of sp³-hybridized carbons (Fsp3) is 0.0588. The highest BCUT2D eigenvalue weighted by molar-refractivity contribution is 6.39. The molecule has 2 aromatic heterocycles. The molecule has 0 radical (unpaired) electrons. The summed E-state index contributed by atoms with van der Waals surface area (Å²) in [6.45, 7) is 0.308. The zero-order chi connectivity index (χ0) is 17.6. The summed E-state index contributed by atoms with van der Waals surface area (Å²) in [6.07, 6.45) is 2.96. The van der Waals surface area contributed by atoms with Crippen LogP contribution in [-0.2, 0) is 6.54 Å². The fourth-order valence-electron chi connectivity index (χ4n) is 2.06. The molecular formula is C17H13Cl2N5O. The lowest BCUT2D eigenvalue weighted by molar-refractivity contribution is 0.0945. The number of amides is 1. The summed E-state index contributed by atoms with van der Waals surface area (Å²) in [5.41, 5.74) is 1.49. The number of hydrogen-bond acceptors (Lipinski definition) is 5. The molecular weight excluding hydrogens is 361 g/mol. The minimum Gasteiger partial charge on any atom is -0.345 e. The summed E-state index contributed by atoms with van der Waals surface area (Å²) >= 11 is 12.2. The third-order valence-corrected chi connectivity index (χ3v) is 3.90. The maximum Gasteiger partial charge on any atom is 0.270 e. The van der Waals surface area contributed by atoms with E-state index in [0.717, 1.165) is 5.69 Å². The maximum absolute atomic E-state index is 12.2. The van der Waals surface area contributed by atoms with Crippen molar-refractivity contribution >= 4 is 40.6 Å². The lowest BCUT2D eigenvalue weighted by Crippen LogP contribution is -2.24. The summed E-state index contributed by atoms with van der Waals surface area (Å²) in [5.74, 6) is 0.0781. The summed E-state index contributed by atoms with van der Waals surface area (Å²) in [7, 11) is 0. The Kier molecular flexibility index (Phi) is 5.42. The van der Waals surface area contributed by atoms with Crippen molar-refractivity contribution in [2.75, 3.05) is 5.32 Å². The number of carbonyl (C=O) groups is 1. The highest BCUT2D eigenvalue weighted by Crippen LogP contribution is 2.31. The number of benzene rings is 1.